The molecule has 90 valence electrons. The fourth-order valence-electron chi connectivity index (χ4n) is 1.96. The lowest BCUT2D eigenvalue weighted by molar-refractivity contribution is 0.447. The average molecular weight is 241 g/mol. The molecule has 0 saturated carbocycles. The second-order valence-electron chi connectivity index (χ2n) is 4.11. The highest BCUT2D eigenvalue weighted by Crippen LogP contribution is 2.16. The summed E-state index contributed by atoms with van der Waals surface area (Å²) in [6.45, 7) is 3.55. The van der Waals surface area contributed by atoms with Gasteiger partial charge in [-0.3, -0.25) is 4.79 Å². The highest BCUT2D eigenvalue weighted by atomic mass is 16.5. The third-order valence-corrected chi connectivity index (χ3v) is 2.85. The van der Waals surface area contributed by atoms with Crippen LogP contribution in [0.3, 0.4) is 0 Å². The Labute approximate surface area is 103 Å². The van der Waals surface area contributed by atoms with Crippen LogP contribution in [-0.4, -0.2) is 14.9 Å². The molecule has 0 bridgehead atoms. The molecular weight excluding hydrogens is 230 g/mol. The van der Waals surface area contributed by atoms with E-state index in [2.05, 4.69) is 10.3 Å². The normalized spacial score (nSPS) is 11.0. The lowest BCUT2D eigenvalue weighted by Crippen LogP contribution is -2.22. The first-order chi connectivity index (χ1) is 8.68. The number of aromatic nitrogens is 3. The van der Waals surface area contributed by atoms with Crippen LogP contribution in [0, 0.1) is 13.8 Å². The molecule has 0 fully saturated rings. The Kier molecular flexibility index (Phi) is 2.26. The van der Waals surface area contributed by atoms with Crippen LogP contribution in [0.1, 0.15) is 11.4 Å². The van der Waals surface area contributed by atoms with Gasteiger partial charge in [-0.25, -0.2) is 0 Å². The Morgan fingerprint density at radius 1 is 1.11 bits per heavy atom. The fourth-order valence-corrected chi connectivity index (χ4v) is 1.96. The summed E-state index contributed by atoms with van der Waals surface area (Å²) in [7, 11) is 0. The highest BCUT2D eigenvalue weighted by Gasteiger charge is 2.15. The fraction of sp³-hybridized carbons (Fsp3) is 0.154. The Morgan fingerprint density at radius 2 is 1.83 bits per heavy atom. The molecule has 0 amide bonds. The first-order valence-corrected chi connectivity index (χ1v) is 5.60. The van der Waals surface area contributed by atoms with Gasteiger partial charge >= 0.3 is 0 Å². The number of nitrogens with zero attached hydrogens (tertiary/aromatic N) is 3. The third-order valence-electron chi connectivity index (χ3n) is 2.85. The number of benzene rings is 1. The zero-order chi connectivity index (χ0) is 12.7. The van der Waals surface area contributed by atoms with E-state index in [9.17, 15) is 4.79 Å². The first-order valence-electron chi connectivity index (χ1n) is 5.60. The second kappa shape index (κ2) is 3.80. The molecule has 0 N–H and O–H groups in total. The van der Waals surface area contributed by atoms with Crippen LogP contribution in [0.4, 0.5) is 0 Å². The number of rotatable bonds is 1. The molecule has 0 radical (unpaired) electrons. The van der Waals surface area contributed by atoms with Gasteiger partial charge in [-0.05, 0) is 26.0 Å². The van der Waals surface area contributed by atoms with E-state index in [0.29, 0.717) is 22.4 Å². The van der Waals surface area contributed by atoms with Crippen LogP contribution >= 0.6 is 0 Å². The van der Waals surface area contributed by atoms with Gasteiger partial charge in [0.05, 0.1) is 11.4 Å². The van der Waals surface area contributed by atoms with Crippen LogP contribution in [0.5, 0.6) is 0 Å². The molecule has 0 aliphatic carbocycles. The molecule has 5 nitrogen and oxygen atoms in total. The van der Waals surface area contributed by atoms with Gasteiger partial charge in [-0.15, -0.1) is 0 Å². The van der Waals surface area contributed by atoms with Gasteiger partial charge in [-0.2, -0.15) is 9.78 Å². The number of hydrogen-bond acceptors (Lipinski definition) is 4. The maximum Gasteiger partial charge on any atom is 0.284 e. The molecule has 1 aromatic carbocycles. The van der Waals surface area contributed by atoms with Crippen molar-refractivity contribution in [2.75, 3.05) is 0 Å². The highest BCUT2D eigenvalue weighted by molar-refractivity contribution is 5.79. The molecule has 5 heteroatoms. The Morgan fingerprint density at radius 3 is 2.56 bits per heavy atom. The lowest BCUT2D eigenvalue weighted by atomic mass is 10.2. The second-order valence-corrected chi connectivity index (χ2v) is 4.11. The van der Waals surface area contributed by atoms with Crippen LogP contribution in [-0.2, 0) is 0 Å². The minimum absolute atomic E-state index is 0.208. The van der Waals surface area contributed by atoms with E-state index in [1.807, 2.05) is 30.3 Å². The average Bonchev–Trinajstić information content (AvgIpc) is 2.78. The summed E-state index contributed by atoms with van der Waals surface area (Å²) >= 11 is 0. The van der Waals surface area contributed by atoms with Gasteiger partial charge in [0.2, 0.25) is 0 Å². The summed E-state index contributed by atoms with van der Waals surface area (Å²) in [5.74, 6) is 0. The summed E-state index contributed by atoms with van der Waals surface area (Å²) in [4.78, 5) is 12.4. The van der Waals surface area contributed by atoms with Crippen molar-refractivity contribution in [3.63, 3.8) is 0 Å². The predicted molar refractivity (Wildman–Crippen MR) is 66.9 cm³/mol. The van der Waals surface area contributed by atoms with E-state index < -0.39 is 0 Å². The standard InChI is InChI=1S/C13H11N3O2/c1-8-11-12(18-15-8)9(2)14-16(13(11)17)10-6-4-3-5-7-10/h3-7H,1-2H3. The van der Waals surface area contributed by atoms with Crippen molar-refractivity contribution < 1.29 is 4.52 Å². The van der Waals surface area contributed by atoms with Gasteiger partial charge in [0.25, 0.3) is 5.56 Å². The van der Waals surface area contributed by atoms with Gasteiger partial charge < -0.3 is 4.52 Å². The smallest absolute Gasteiger partial charge is 0.284 e. The van der Waals surface area contributed by atoms with Crippen LogP contribution in [0.25, 0.3) is 16.7 Å². The van der Waals surface area contributed by atoms with Gasteiger partial charge in [0.15, 0.2) is 5.58 Å². The van der Waals surface area contributed by atoms with Crippen molar-refractivity contribution in [3.05, 3.63) is 52.1 Å². The number of aryl methyl sites for hydroxylation is 2. The van der Waals surface area contributed by atoms with E-state index in [1.165, 1.54) is 4.68 Å². The van der Waals surface area contributed by atoms with Crippen molar-refractivity contribution in [3.8, 4) is 5.69 Å². The van der Waals surface area contributed by atoms with Gasteiger partial charge in [0.1, 0.15) is 11.1 Å². The van der Waals surface area contributed by atoms with Crippen LogP contribution in [0.15, 0.2) is 39.6 Å². The topological polar surface area (TPSA) is 60.9 Å². The molecule has 0 spiro atoms. The SMILES string of the molecule is Cc1nn(-c2ccccc2)c(=O)c2c(C)noc12. The molecule has 2 aromatic heterocycles. The van der Waals surface area contributed by atoms with Crippen molar-refractivity contribution in [2.45, 2.75) is 13.8 Å². The summed E-state index contributed by atoms with van der Waals surface area (Å²) in [6, 6.07) is 9.29. The summed E-state index contributed by atoms with van der Waals surface area (Å²) < 4.78 is 6.50. The summed E-state index contributed by atoms with van der Waals surface area (Å²) in [6.07, 6.45) is 0. The van der Waals surface area contributed by atoms with Gasteiger partial charge in [-0.1, -0.05) is 23.4 Å². The zero-order valence-electron chi connectivity index (χ0n) is 10.0. The van der Waals surface area contributed by atoms with Crippen LogP contribution in [0.2, 0.25) is 0 Å². The van der Waals surface area contributed by atoms with Crippen molar-refractivity contribution in [1.29, 1.82) is 0 Å². The van der Waals surface area contributed by atoms with E-state index in [0.717, 1.165) is 5.69 Å². The molecule has 0 aliphatic rings. The molecule has 0 unspecified atom stereocenters. The van der Waals surface area contributed by atoms with Crippen molar-refractivity contribution in [2.24, 2.45) is 0 Å². The van der Waals surface area contributed by atoms with Gasteiger partial charge in [0, 0.05) is 0 Å². The molecule has 18 heavy (non-hydrogen) atoms. The minimum atomic E-state index is -0.208. The predicted octanol–water partition coefficient (Wildman–Crippen LogP) is 1.99. The summed E-state index contributed by atoms with van der Waals surface area (Å²) in [5, 5.41) is 8.57. The first kappa shape index (κ1) is 10.7. The molecule has 2 heterocycles. The number of para-hydroxylation sites is 1. The Hall–Kier alpha value is -2.43. The molecule has 0 atom stereocenters. The minimum Gasteiger partial charge on any atom is -0.354 e. The Bertz CT molecular complexity index is 772. The Balaban J connectivity index is 2.42. The number of fused-ring (bicyclic) bond motifs is 1. The molecular formula is C13H11N3O2. The van der Waals surface area contributed by atoms with E-state index in [4.69, 9.17) is 4.52 Å². The molecule has 3 rings (SSSR count). The summed E-state index contributed by atoms with van der Waals surface area (Å²) in [5.41, 5.74) is 2.22. The lowest BCUT2D eigenvalue weighted by Gasteiger charge is -2.05. The van der Waals surface area contributed by atoms with Crippen LogP contribution < -0.4 is 5.56 Å². The zero-order valence-corrected chi connectivity index (χ0v) is 10.0. The maximum atomic E-state index is 12.4. The van der Waals surface area contributed by atoms with Crippen molar-refractivity contribution >= 4 is 11.0 Å². The monoisotopic (exact) mass is 241 g/mol. The van der Waals surface area contributed by atoms with E-state index in [1.54, 1.807) is 13.8 Å². The quantitative estimate of drug-likeness (QED) is 0.653. The largest absolute Gasteiger partial charge is 0.354 e. The number of hydrogen-bond donors (Lipinski definition) is 0. The molecule has 0 aliphatic heterocycles. The third kappa shape index (κ3) is 1.44. The van der Waals surface area contributed by atoms with Crippen molar-refractivity contribution in [1.82, 2.24) is 14.9 Å². The van der Waals surface area contributed by atoms with E-state index >= 15 is 0 Å². The molecule has 3 aromatic rings. The van der Waals surface area contributed by atoms with E-state index in [-0.39, 0.29) is 5.56 Å². The molecule has 0 saturated heterocycles. The maximum absolute atomic E-state index is 12.4.